The quantitative estimate of drug-likeness (QED) is 0.359. The van der Waals surface area contributed by atoms with Crippen molar-refractivity contribution in [2.45, 2.75) is 45.1 Å². The van der Waals surface area contributed by atoms with Crippen LogP contribution in [0, 0.1) is 0 Å². The summed E-state index contributed by atoms with van der Waals surface area (Å²) in [5.74, 6) is 0.872. The zero-order valence-electron chi connectivity index (χ0n) is 16.4. The van der Waals surface area contributed by atoms with E-state index < -0.39 is 0 Å². The van der Waals surface area contributed by atoms with E-state index in [1.165, 1.54) is 18.0 Å². The predicted molar refractivity (Wildman–Crippen MR) is 111 cm³/mol. The summed E-state index contributed by atoms with van der Waals surface area (Å²) in [5.41, 5.74) is 1.16. The molecule has 2 saturated heterocycles. The lowest BCUT2D eigenvalue weighted by Gasteiger charge is -2.12. The molecule has 1 unspecified atom stereocenters. The van der Waals surface area contributed by atoms with Crippen LogP contribution in [0.5, 0.6) is 0 Å². The Hall–Kier alpha value is -1.38. The summed E-state index contributed by atoms with van der Waals surface area (Å²) in [6, 6.07) is 0. The van der Waals surface area contributed by atoms with Gasteiger partial charge in [-0.25, -0.2) is 4.98 Å². The Labute approximate surface area is 166 Å². The van der Waals surface area contributed by atoms with Crippen molar-refractivity contribution in [2.75, 3.05) is 57.4 Å². The average Bonchev–Trinajstić information content (AvgIpc) is 3.43. The molecule has 152 valence electrons. The third kappa shape index (κ3) is 6.93. The molecule has 0 amide bonds. The first-order chi connectivity index (χ1) is 13.3. The van der Waals surface area contributed by atoms with Crippen LogP contribution in [-0.2, 0) is 15.9 Å². The molecular weight excluding hydrogens is 362 g/mol. The van der Waals surface area contributed by atoms with Gasteiger partial charge >= 0.3 is 0 Å². The first kappa shape index (κ1) is 20.4. The maximum absolute atomic E-state index is 5.78. The van der Waals surface area contributed by atoms with Crippen LogP contribution in [0.3, 0.4) is 0 Å². The molecule has 0 bridgehead atoms. The van der Waals surface area contributed by atoms with E-state index in [-0.39, 0.29) is 6.10 Å². The summed E-state index contributed by atoms with van der Waals surface area (Å²) in [6.45, 7) is 9.17. The number of nitrogens with one attached hydrogen (secondary N) is 2. The molecule has 0 saturated carbocycles. The number of guanidine groups is 1. The third-order valence-corrected chi connectivity index (χ3v) is 5.70. The number of rotatable bonds is 10. The van der Waals surface area contributed by atoms with Gasteiger partial charge in [0.05, 0.1) is 18.4 Å². The molecule has 8 heteroatoms. The number of ether oxygens (including phenoxy) is 2. The fourth-order valence-electron chi connectivity index (χ4n) is 3.27. The standard InChI is InChI=1S/C19H33N5O2S/c1-2-20-18(21-8-5-12-26-17-7-13-25-14-17)22-9-6-16-15-27-19(23-16)24-10-3-4-11-24/h15,17H,2-14H2,1H3,(H2,20,21,22). The fraction of sp³-hybridized carbons (Fsp3) is 0.789. The number of hydrogen-bond acceptors (Lipinski definition) is 6. The Kier molecular flexibility index (Phi) is 8.64. The van der Waals surface area contributed by atoms with Gasteiger partial charge in [-0.15, -0.1) is 11.3 Å². The van der Waals surface area contributed by atoms with Gasteiger partial charge in [0.1, 0.15) is 0 Å². The Morgan fingerprint density at radius 3 is 3.07 bits per heavy atom. The molecule has 3 heterocycles. The molecule has 2 aliphatic heterocycles. The van der Waals surface area contributed by atoms with Crippen LogP contribution in [0.1, 0.15) is 38.3 Å². The van der Waals surface area contributed by atoms with Gasteiger partial charge in [-0.3, -0.25) is 4.99 Å². The highest BCUT2D eigenvalue weighted by molar-refractivity contribution is 7.13. The molecule has 0 aromatic carbocycles. The number of hydrogen-bond donors (Lipinski definition) is 2. The second kappa shape index (κ2) is 11.5. The third-order valence-electron chi connectivity index (χ3n) is 4.75. The van der Waals surface area contributed by atoms with E-state index in [1.54, 1.807) is 11.3 Å². The molecule has 0 aliphatic carbocycles. The molecule has 2 N–H and O–H groups in total. The Morgan fingerprint density at radius 2 is 2.30 bits per heavy atom. The van der Waals surface area contributed by atoms with Crippen molar-refractivity contribution >= 4 is 22.4 Å². The van der Waals surface area contributed by atoms with Crippen molar-refractivity contribution in [1.82, 2.24) is 15.6 Å². The normalized spacial score (nSPS) is 20.4. The molecule has 1 atom stereocenters. The van der Waals surface area contributed by atoms with Crippen LogP contribution in [-0.4, -0.2) is 69.6 Å². The second-order valence-corrected chi connectivity index (χ2v) is 7.80. The van der Waals surface area contributed by atoms with Gasteiger partial charge in [-0.1, -0.05) is 0 Å². The van der Waals surface area contributed by atoms with Crippen LogP contribution >= 0.6 is 11.3 Å². The van der Waals surface area contributed by atoms with Gasteiger partial charge in [0.15, 0.2) is 11.1 Å². The lowest BCUT2D eigenvalue weighted by atomic mass is 10.3. The van der Waals surface area contributed by atoms with Crippen LogP contribution in [0.15, 0.2) is 10.4 Å². The highest BCUT2D eigenvalue weighted by atomic mass is 32.1. The molecule has 27 heavy (non-hydrogen) atoms. The molecule has 1 aromatic heterocycles. The van der Waals surface area contributed by atoms with E-state index in [9.17, 15) is 0 Å². The van der Waals surface area contributed by atoms with Crippen LogP contribution in [0.4, 0.5) is 5.13 Å². The maximum atomic E-state index is 5.78. The summed E-state index contributed by atoms with van der Waals surface area (Å²) in [6.07, 6.45) is 5.72. The van der Waals surface area contributed by atoms with E-state index in [4.69, 9.17) is 14.5 Å². The minimum absolute atomic E-state index is 0.281. The van der Waals surface area contributed by atoms with Gasteiger partial charge in [0.25, 0.3) is 0 Å². The minimum atomic E-state index is 0.281. The SMILES string of the molecule is CCNC(=NCCCOC1CCOC1)NCCc1csc(N2CCCC2)n1. The van der Waals surface area contributed by atoms with Crippen molar-refractivity contribution in [3.63, 3.8) is 0 Å². The second-order valence-electron chi connectivity index (χ2n) is 6.96. The number of aliphatic imine (C=N–C) groups is 1. The van der Waals surface area contributed by atoms with E-state index in [2.05, 4.69) is 32.8 Å². The fourth-order valence-corrected chi connectivity index (χ4v) is 4.18. The van der Waals surface area contributed by atoms with Crippen molar-refractivity contribution in [3.8, 4) is 0 Å². The minimum Gasteiger partial charge on any atom is -0.379 e. The largest absolute Gasteiger partial charge is 0.379 e. The van der Waals surface area contributed by atoms with E-state index in [0.29, 0.717) is 0 Å². The average molecular weight is 396 g/mol. The van der Waals surface area contributed by atoms with Gasteiger partial charge in [-0.2, -0.15) is 0 Å². The highest BCUT2D eigenvalue weighted by Gasteiger charge is 2.16. The van der Waals surface area contributed by atoms with Gasteiger partial charge in [-0.05, 0) is 32.6 Å². The predicted octanol–water partition coefficient (Wildman–Crippen LogP) is 2.04. The summed E-state index contributed by atoms with van der Waals surface area (Å²) >= 11 is 1.76. The van der Waals surface area contributed by atoms with Gasteiger partial charge in [0, 0.05) is 57.7 Å². The Morgan fingerprint density at radius 1 is 1.41 bits per heavy atom. The number of aromatic nitrogens is 1. The van der Waals surface area contributed by atoms with E-state index >= 15 is 0 Å². The Balaban J connectivity index is 1.33. The summed E-state index contributed by atoms with van der Waals surface area (Å²) in [5, 5.41) is 10.1. The summed E-state index contributed by atoms with van der Waals surface area (Å²) < 4.78 is 11.1. The van der Waals surface area contributed by atoms with Crippen LogP contribution < -0.4 is 15.5 Å². The summed E-state index contributed by atoms with van der Waals surface area (Å²) in [4.78, 5) is 11.8. The zero-order chi connectivity index (χ0) is 18.7. The number of anilines is 1. The lowest BCUT2D eigenvalue weighted by molar-refractivity contribution is 0.0424. The van der Waals surface area contributed by atoms with Crippen molar-refractivity contribution in [3.05, 3.63) is 11.1 Å². The first-order valence-electron chi connectivity index (χ1n) is 10.3. The number of nitrogens with zero attached hydrogens (tertiary/aromatic N) is 3. The lowest BCUT2D eigenvalue weighted by Crippen LogP contribution is -2.38. The van der Waals surface area contributed by atoms with Crippen molar-refractivity contribution < 1.29 is 9.47 Å². The smallest absolute Gasteiger partial charge is 0.191 e. The highest BCUT2D eigenvalue weighted by Crippen LogP contribution is 2.24. The van der Waals surface area contributed by atoms with Gasteiger partial charge < -0.3 is 25.0 Å². The van der Waals surface area contributed by atoms with Crippen LogP contribution in [0.25, 0.3) is 0 Å². The van der Waals surface area contributed by atoms with Crippen molar-refractivity contribution in [2.24, 2.45) is 4.99 Å². The Bertz CT molecular complexity index is 568. The molecular formula is C19H33N5O2S. The molecule has 0 spiro atoms. The monoisotopic (exact) mass is 395 g/mol. The molecule has 3 rings (SSSR count). The topological polar surface area (TPSA) is 71.0 Å². The summed E-state index contributed by atoms with van der Waals surface area (Å²) in [7, 11) is 0. The number of thiazole rings is 1. The van der Waals surface area contributed by atoms with Crippen molar-refractivity contribution in [1.29, 1.82) is 0 Å². The molecule has 0 radical (unpaired) electrons. The van der Waals surface area contributed by atoms with E-state index in [1.807, 2.05) is 0 Å². The maximum Gasteiger partial charge on any atom is 0.191 e. The van der Waals surface area contributed by atoms with Gasteiger partial charge in [0.2, 0.25) is 0 Å². The first-order valence-corrected chi connectivity index (χ1v) is 11.1. The molecule has 2 aliphatic rings. The van der Waals surface area contributed by atoms with Crippen LogP contribution in [0.2, 0.25) is 0 Å². The van der Waals surface area contributed by atoms with E-state index in [0.717, 1.165) is 83.5 Å². The molecule has 1 aromatic rings. The molecule has 2 fully saturated rings. The molecule has 7 nitrogen and oxygen atoms in total. The zero-order valence-corrected chi connectivity index (χ0v) is 17.2.